The predicted octanol–water partition coefficient (Wildman–Crippen LogP) is 3.56. The Balaban J connectivity index is 1.89. The van der Waals surface area contributed by atoms with Gasteiger partial charge in [-0.1, -0.05) is 11.6 Å². The molecule has 0 atom stereocenters. The lowest BCUT2D eigenvalue weighted by Gasteiger charge is -2.34. The average Bonchev–Trinajstić information content (AvgIpc) is 2.34. The lowest BCUT2D eigenvalue weighted by molar-refractivity contribution is 0.149. The zero-order valence-corrected chi connectivity index (χ0v) is 13.2. The van der Waals surface area contributed by atoms with Crippen LogP contribution in [0.25, 0.3) is 0 Å². The summed E-state index contributed by atoms with van der Waals surface area (Å²) in [7, 11) is 0. The zero-order valence-electron chi connectivity index (χ0n) is 10.9. The Labute approximate surface area is 122 Å². The van der Waals surface area contributed by atoms with Crippen molar-refractivity contribution in [2.24, 2.45) is 5.92 Å². The molecule has 5 heteroatoms. The topological polar surface area (TPSA) is 29.0 Å². The van der Waals surface area contributed by atoms with E-state index in [9.17, 15) is 0 Å². The summed E-state index contributed by atoms with van der Waals surface area (Å²) in [6.45, 7) is 6.93. The van der Waals surface area contributed by atoms with Crippen molar-refractivity contribution in [3.8, 4) is 0 Å². The van der Waals surface area contributed by atoms with Gasteiger partial charge >= 0.3 is 0 Å². The van der Waals surface area contributed by atoms with Crippen molar-refractivity contribution in [2.75, 3.05) is 13.1 Å². The molecule has 0 unspecified atom stereocenters. The Bertz CT molecular complexity index is 403. The molecule has 0 amide bonds. The first-order valence-corrected chi connectivity index (χ1v) is 7.65. The van der Waals surface area contributed by atoms with Crippen LogP contribution in [0.3, 0.4) is 0 Å². The van der Waals surface area contributed by atoms with Crippen LogP contribution in [0.4, 0.5) is 0 Å². The Morgan fingerprint density at radius 2 is 2.06 bits per heavy atom. The summed E-state index contributed by atoms with van der Waals surface area (Å²) in [6, 6.07) is 2.65. The van der Waals surface area contributed by atoms with Crippen LogP contribution >= 0.6 is 27.5 Å². The summed E-state index contributed by atoms with van der Waals surface area (Å²) >= 11 is 9.25. The van der Waals surface area contributed by atoms with E-state index in [2.05, 4.69) is 44.9 Å². The number of piperidine rings is 1. The molecule has 1 aromatic rings. The van der Waals surface area contributed by atoms with E-state index in [0.717, 1.165) is 22.5 Å². The third kappa shape index (κ3) is 3.65. The van der Waals surface area contributed by atoms with Crippen molar-refractivity contribution in [3.63, 3.8) is 0 Å². The molecule has 3 nitrogen and oxygen atoms in total. The fraction of sp³-hybridized carbons (Fsp3) is 0.692. The summed E-state index contributed by atoms with van der Waals surface area (Å²) in [6.07, 6.45) is 3.51. The highest BCUT2D eigenvalue weighted by atomic mass is 79.9. The first-order valence-electron chi connectivity index (χ1n) is 6.48. The average molecular weight is 333 g/mol. The van der Waals surface area contributed by atoms with E-state index in [1.807, 2.05) is 6.07 Å². The minimum absolute atomic E-state index is 0.438. The molecule has 1 fully saturated rings. The van der Waals surface area contributed by atoms with Crippen LogP contribution < -0.4 is 0 Å². The van der Waals surface area contributed by atoms with Crippen molar-refractivity contribution >= 4 is 27.5 Å². The van der Waals surface area contributed by atoms with E-state index in [0.29, 0.717) is 11.2 Å². The minimum atomic E-state index is 0.438. The highest BCUT2D eigenvalue weighted by Crippen LogP contribution is 2.24. The van der Waals surface area contributed by atoms with Crippen LogP contribution in [0.2, 0.25) is 5.15 Å². The second kappa shape index (κ2) is 6.31. The highest BCUT2D eigenvalue weighted by molar-refractivity contribution is 9.10. The standard InChI is InChI=1S/C13H19BrClN3/c1-9(2)18-5-3-10(4-6-18)7-11-8-12(14)13(15)17-16-11/h8-10H,3-7H2,1-2H3. The van der Waals surface area contributed by atoms with E-state index in [-0.39, 0.29) is 0 Å². The maximum Gasteiger partial charge on any atom is 0.165 e. The molecule has 0 saturated carbocycles. The van der Waals surface area contributed by atoms with Gasteiger partial charge in [0.05, 0.1) is 10.2 Å². The Morgan fingerprint density at radius 1 is 1.39 bits per heavy atom. The van der Waals surface area contributed by atoms with E-state index >= 15 is 0 Å². The summed E-state index contributed by atoms with van der Waals surface area (Å²) in [4.78, 5) is 2.54. The second-order valence-corrected chi connectivity index (χ2v) is 6.46. The molecule has 0 aliphatic carbocycles. The van der Waals surface area contributed by atoms with Crippen LogP contribution in [0, 0.1) is 5.92 Å². The maximum atomic E-state index is 5.85. The third-order valence-corrected chi connectivity index (χ3v) is 4.75. The highest BCUT2D eigenvalue weighted by Gasteiger charge is 2.21. The van der Waals surface area contributed by atoms with Crippen LogP contribution in [0.1, 0.15) is 32.4 Å². The number of likely N-dealkylation sites (tertiary alicyclic amines) is 1. The SMILES string of the molecule is CC(C)N1CCC(Cc2cc(Br)c(Cl)nn2)CC1. The molecule has 0 bridgehead atoms. The van der Waals surface area contributed by atoms with Crippen molar-refractivity contribution in [1.29, 1.82) is 0 Å². The van der Waals surface area contributed by atoms with Crippen molar-refractivity contribution in [3.05, 3.63) is 21.4 Å². The van der Waals surface area contributed by atoms with E-state index in [1.54, 1.807) is 0 Å². The van der Waals surface area contributed by atoms with Gasteiger partial charge in [0.1, 0.15) is 0 Å². The Morgan fingerprint density at radius 3 is 2.61 bits per heavy atom. The van der Waals surface area contributed by atoms with Crippen LogP contribution in [-0.2, 0) is 6.42 Å². The second-order valence-electron chi connectivity index (χ2n) is 5.25. The Hall–Kier alpha value is -0.190. The quantitative estimate of drug-likeness (QED) is 0.847. The molecular weight excluding hydrogens is 314 g/mol. The number of halogens is 2. The normalized spacial score (nSPS) is 18.5. The van der Waals surface area contributed by atoms with Gasteiger partial charge in [0.2, 0.25) is 0 Å². The molecule has 100 valence electrons. The number of hydrogen-bond donors (Lipinski definition) is 0. The molecule has 2 heterocycles. The maximum absolute atomic E-state index is 5.85. The summed E-state index contributed by atoms with van der Waals surface area (Å²) in [5.74, 6) is 0.724. The van der Waals surface area contributed by atoms with Gasteiger partial charge in [-0.25, -0.2) is 0 Å². The lowest BCUT2D eigenvalue weighted by Crippen LogP contribution is -2.38. The first kappa shape index (κ1) is 14.2. The fourth-order valence-corrected chi connectivity index (χ4v) is 2.90. The predicted molar refractivity (Wildman–Crippen MR) is 77.9 cm³/mol. The number of rotatable bonds is 3. The molecule has 1 saturated heterocycles. The molecule has 0 N–H and O–H groups in total. The Kier molecular flexibility index (Phi) is 4.98. The molecular formula is C13H19BrClN3. The number of aromatic nitrogens is 2. The van der Waals surface area contributed by atoms with Gasteiger partial charge in [0, 0.05) is 6.04 Å². The summed E-state index contributed by atoms with van der Waals surface area (Å²) < 4.78 is 0.841. The largest absolute Gasteiger partial charge is 0.301 e. The van der Waals surface area contributed by atoms with Crippen LogP contribution in [0.15, 0.2) is 10.5 Å². The van der Waals surface area contributed by atoms with Gasteiger partial charge in [0.15, 0.2) is 5.15 Å². The van der Waals surface area contributed by atoms with E-state index < -0.39 is 0 Å². The molecule has 1 aliphatic rings. The minimum Gasteiger partial charge on any atom is -0.301 e. The molecule has 18 heavy (non-hydrogen) atoms. The monoisotopic (exact) mass is 331 g/mol. The summed E-state index contributed by atoms with van der Waals surface area (Å²) in [5, 5.41) is 8.55. The van der Waals surface area contributed by atoms with Gasteiger partial charge in [-0.15, -0.1) is 5.10 Å². The molecule has 0 aromatic carbocycles. The smallest absolute Gasteiger partial charge is 0.165 e. The third-order valence-electron chi connectivity index (χ3n) is 3.63. The van der Waals surface area contributed by atoms with Crippen LogP contribution in [-0.4, -0.2) is 34.2 Å². The van der Waals surface area contributed by atoms with Crippen LogP contribution in [0.5, 0.6) is 0 Å². The van der Waals surface area contributed by atoms with Gasteiger partial charge in [-0.3, -0.25) is 0 Å². The molecule has 2 rings (SSSR count). The van der Waals surface area contributed by atoms with Crippen molar-refractivity contribution in [1.82, 2.24) is 15.1 Å². The van der Waals surface area contributed by atoms with Gasteiger partial charge < -0.3 is 4.90 Å². The summed E-state index contributed by atoms with van der Waals surface area (Å²) in [5.41, 5.74) is 1.04. The van der Waals surface area contributed by atoms with E-state index in [4.69, 9.17) is 11.6 Å². The number of nitrogens with zero attached hydrogens (tertiary/aromatic N) is 3. The van der Waals surface area contributed by atoms with Gasteiger partial charge in [-0.2, -0.15) is 5.10 Å². The van der Waals surface area contributed by atoms with Gasteiger partial charge in [0.25, 0.3) is 0 Å². The first-order chi connectivity index (χ1) is 8.56. The van der Waals surface area contributed by atoms with Gasteiger partial charge in [-0.05, 0) is 74.1 Å². The van der Waals surface area contributed by atoms with E-state index in [1.165, 1.54) is 25.9 Å². The molecule has 0 spiro atoms. The zero-order chi connectivity index (χ0) is 13.1. The number of hydrogen-bond acceptors (Lipinski definition) is 3. The lowest BCUT2D eigenvalue weighted by atomic mass is 9.91. The fourth-order valence-electron chi connectivity index (χ4n) is 2.46. The molecule has 1 aliphatic heterocycles. The molecule has 0 radical (unpaired) electrons. The van der Waals surface area contributed by atoms with Crippen molar-refractivity contribution < 1.29 is 0 Å². The van der Waals surface area contributed by atoms with Crippen molar-refractivity contribution in [2.45, 2.75) is 39.2 Å². The molecule has 1 aromatic heterocycles.